The van der Waals surface area contributed by atoms with Crippen LogP contribution in [0.15, 0.2) is 12.2 Å². The molecule has 2 nitrogen and oxygen atoms in total. The highest BCUT2D eigenvalue weighted by Crippen LogP contribution is 2.05. The zero-order chi connectivity index (χ0) is 8.27. The number of rotatable bonds is 4. The van der Waals surface area contributed by atoms with Crippen LogP contribution in [-0.4, -0.2) is 38.1 Å². The molecule has 1 fully saturated rings. The SMILES string of the molecule is C=C(C)CN(C)CC1CNC1. The molecule has 0 bridgehead atoms. The highest BCUT2D eigenvalue weighted by Gasteiger charge is 2.17. The number of nitrogens with one attached hydrogen (secondary N) is 1. The van der Waals surface area contributed by atoms with Crippen molar-refractivity contribution in [1.29, 1.82) is 0 Å². The van der Waals surface area contributed by atoms with E-state index in [9.17, 15) is 0 Å². The van der Waals surface area contributed by atoms with Crippen molar-refractivity contribution in [2.24, 2.45) is 5.92 Å². The lowest BCUT2D eigenvalue weighted by molar-refractivity contribution is 0.235. The summed E-state index contributed by atoms with van der Waals surface area (Å²) in [6.07, 6.45) is 0. The Labute approximate surface area is 69.3 Å². The first-order valence-electron chi connectivity index (χ1n) is 4.22. The van der Waals surface area contributed by atoms with Crippen LogP contribution >= 0.6 is 0 Å². The summed E-state index contributed by atoms with van der Waals surface area (Å²) < 4.78 is 0. The minimum atomic E-state index is 0.874. The number of hydrogen-bond acceptors (Lipinski definition) is 2. The number of likely N-dealkylation sites (N-methyl/N-ethyl adjacent to an activating group) is 1. The molecule has 0 aromatic rings. The molecule has 1 heterocycles. The Morgan fingerprint density at radius 1 is 1.64 bits per heavy atom. The smallest absolute Gasteiger partial charge is 0.0184 e. The summed E-state index contributed by atoms with van der Waals surface area (Å²) >= 11 is 0. The molecule has 0 aliphatic carbocycles. The molecule has 1 aliphatic heterocycles. The van der Waals surface area contributed by atoms with E-state index in [1.807, 2.05) is 0 Å². The second kappa shape index (κ2) is 3.88. The fraction of sp³-hybridized carbons (Fsp3) is 0.778. The summed E-state index contributed by atoms with van der Waals surface area (Å²) in [7, 11) is 2.16. The van der Waals surface area contributed by atoms with E-state index in [1.54, 1.807) is 0 Å². The molecule has 1 rings (SSSR count). The fourth-order valence-corrected chi connectivity index (χ4v) is 1.44. The van der Waals surface area contributed by atoms with Gasteiger partial charge in [-0.1, -0.05) is 12.2 Å². The summed E-state index contributed by atoms with van der Waals surface area (Å²) in [5, 5.41) is 3.27. The van der Waals surface area contributed by atoms with Gasteiger partial charge in [-0.25, -0.2) is 0 Å². The lowest BCUT2D eigenvalue weighted by Gasteiger charge is -2.31. The molecule has 64 valence electrons. The van der Waals surface area contributed by atoms with Crippen molar-refractivity contribution in [3.63, 3.8) is 0 Å². The molecule has 0 spiro atoms. The van der Waals surface area contributed by atoms with Gasteiger partial charge in [0, 0.05) is 26.2 Å². The van der Waals surface area contributed by atoms with Crippen LogP contribution in [0.2, 0.25) is 0 Å². The third kappa shape index (κ3) is 3.04. The van der Waals surface area contributed by atoms with Crippen molar-refractivity contribution in [2.75, 3.05) is 33.2 Å². The van der Waals surface area contributed by atoms with Gasteiger partial charge in [0.25, 0.3) is 0 Å². The van der Waals surface area contributed by atoms with Crippen LogP contribution in [0.4, 0.5) is 0 Å². The largest absolute Gasteiger partial charge is 0.316 e. The summed E-state index contributed by atoms with van der Waals surface area (Å²) in [6.45, 7) is 10.6. The van der Waals surface area contributed by atoms with Crippen molar-refractivity contribution in [1.82, 2.24) is 10.2 Å². The van der Waals surface area contributed by atoms with Crippen molar-refractivity contribution < 1.29 is 0 Å². The van der Waals surface area contributed by atoms with Crippen LogP contribution in [0.5, 0.6) is 0 Å². The van der Waals surface area contributed by atoms with Crippen LogP contribution in [0.3, 0.4) is 0 Å². The molecule has 0 saturated carbocycles. The fourth-order valence-electron chi connectivity index (χ4n) is 1.44. The topological polar surface area (TPSA) is 15.3 Å². The highest BCUT2D eigenvalue weighted by molar-refractivity contribution is 4.92. The van der Waals surface area contributed by atoms with Gasteiger partial charge in [-0.3, -0.25) is 0 Å². The van der Waals surface area contributed by atoms with E-state index < -0.39 is 0 Å². The van der Waals surface area contributed by atoms with Gasteiger partial charge in [0.05, 0.1) is 0 Å². The summed E-state index contributed by atoms with van der Waals surface area (Å²) in [6, 6.07) is 0. The molecule has 0 amide bonds. The number of nitrogens with zero attached hydrogens (tertiary/aromatic N) is 1. The van der Waals surface area contributed by atoms with E-state index >= 15 is 0 Å². The average Bonchev–Trinajstić information content (AvgIpc) is 1.77. The maximum Gasteiger partial charge on any atom is 0.0184 e. The summed E-state index contributed by atoms with van der Waals surface area (Å²) in [5.41, 5.74) is 1.25. The first-order chi connectivity index (χ1) is 5.18. The van der Waals surface area contributed by atoms with Gasteiger partial charge in [0.2, 0.25) is 0 Å². The summed E-state index contributed by atoms with van der Waals surface area (Å²) in [4.78, 5) is 2.34. The Bertz CT molecular complexity index is 138. The van der Waals surface area contributed by atoms with Crippen molar-refractivity contribution in [3.8, 4) is 0 Å². The zero-order valence-electron chi connectivity index (χ0n) is 7.56. The third-order valence-electron chi connectivity index (χ3n) is 1.98. The zero-order valence-corrected chi connectivity index (χ0v) is 7.56. The van der Waals surface area contributed by atoms with Crippen LogP contribution < -0.4 is 5.32 Å². The summed E-state index contributed by atoms with van der Waals surface area (Å²) in [5.74, 6) is 0.874. The standard InChI is InChI=1S/C9H18N2/c1-8(2)6-11(3)7-9-4-10-5-9/h9-10H,1,4-7H2,2-3H3. The monoisotopic (exact) mass is 154 g/mol. The van der Waals surface area contributed by atoms with Gasteiger partial charge >= 0.3 is 0 Å². The Kier molecular flexibility index (Phi) is 3.09. The molecule has 0 atom stereocenters. The van der Waals surface area contributed by atoms with Gasteiger partial charge in [0.1, 0.15) is 0 Å². The maximum atomic E-state index is 3.89. The van der Waals surface area contributed by atoms with E-state index in [1.165, 1.54) is 25.2 Å². The average molecular weight is 154 g/mol. The molecular formula is C9H18N2. The second-order valence-corrected chi connectivity index (χ2v) is 3.68. The minimum absolute atomic E-state index is 0.874. The first-order valence-corrected chi connectivity index (χ1v) is 4.22. The molecule has 1 N–H and O–H groups in total. The van der Waals surface area contributed by atoms with E-state index in [-0.39, 0.29) is 0 Å². The van der Waals surface area contributed by atoms with Crippen LogP contribution in [0.25, 0.3) is 0 Å². The van der Waals surface area contributed by atoms with E-state index in [0.717, 1.165) is 12.5 Å². The predicted molar refractivity (Wildman–Crippen MR) is 48.7 cm³/mol. The molecule has 0 radical (unpaired) electrons. The molecule has 0 aromatic heterocycles. The minimum Gasteiger partial charge on any atom is -0.316 e. The van der Waals surface area contributed by atoms with Gasteiger partial charge in [-0.2, -0.15) is 0 Å². The molecule has 2 heteroatoms. The Balaban J connectivity index is 2.09. The number of hydrogen-bond donors (Lipinski definition) is 1. The van der Waals surface area contributed by atoms with Crippen LogP contribution in [0.1, 0.15) is 6.92 Å². The third-order valence-corrected chi connectivity index (χ3v) is 1.98. The Morgan fingerprint density at radius 3 is 2.64 bits per heavy atom. The predicted octanol–water partition coefficient (Wildman–Crippen LogP) is 0.714. The normalized spacial score (nSPS) is 18.5. The lowest BCUT2D eigenvalue weighted by Crippen LogP contribution is -2.47. The molecule has 11 heavy (non-hydrogen) atoms. The molecular weight excluding hydrogens is 136 g/mol. The van der Waals surface area contributed by atoms with Crippen LogP contribution in [0, 0.1) is 5.92 Å². The molecule has 0 unspecified atom stereocenters. The van der Waals surface area contributed by atoms with Gasteiger partial charge in [0.15, 0.2) is 0 Å². The highest BCUT2D eigenvalue weighted by atomic mass is 15.1. The van der Waals surface area contributed by atoms with Gasteiger partial charge in [-0.05, 0) is 19.9 Å². The first kappa shape index (κ1) is 8.75. The van der Waals surface area contributed by atoms with Gasteiger partial charge < -0.3 is 10.2 Å². The molecule has 1 saturated heterocycles. The van der Waals surface area contributed by atoms with Crippen LogP contribution in [-0.2, 0) is 0 Å². The molecule has 0 aromatic carbocycles. The Morgan fingerprint density at radius 2 is 2.27 bits per heavy atom. The van der Waals surface area contributed by atoms with E-state index in [0.29, 0.717) is 0 Å². The second-order valence-electron chi connectivity index (χ2n) is 3.68. The van der Waals surface area contributed by atoms with E-state index in [2.05, 4.69) is 30.8 Å². The van der Waals surface area contributed by atoms with Gasteiger partial charge in [-0.15, -0.1) is 0 Å². The lowest BCUT2D eigenvalue weighted by atomic mass is 10.0. The molecule has 1 aliphatic rings. The van der Waals surface area contributed by atoms with Crippen molar-refractivity contribution in [3.05, 3.63) is 12.2 Å². The quantitative estimate of drug-likeness (QED) is 0.600. The Hall–Kier alpha value is -0.340. The van der Waals surface area contributed by atoms with Crippen molar-refractivity contribution >= 4 is 0 Å². The van der Waals surface area contributed by atoms with E-state index in [4.69, 9.17) is 0 Å². The maximum absolute atomic E-state index is 3.89. The van der Waals surface area contributed by atoms with Crippen molar-refractivity contribution in [2.45, 2.75) is 6.92 Å².